The van der Waals surface area contributed by atoms with Crippen molar-refractivity contribution < 1.29 is 14.7 Å². The van der Waals surface area contributed by atoms with Crippen LogP contribution in [0.5, 0.6) is 0 Å². The van der Waals surface area contributed by atoms with E-state index in [-0.39, 0.29) is 18.4 Å². The molecule has 3 N–H and O–H groups in total. The second kappa shape index (κ2) is 8.59. The first kappa shape index (κ1) is 16.5. The van der Waals surface area contributed by atoms with Crippen LogP contribution in [0, 0.1) is 17.2 Å². The Morgan fingerprint density at radius 3 is 2.48 bits per heavy atom. The number of hydrogen-bond acceptors (Lipinski definition) is 3. The van der Waals surface area contributed by atoms with Crippen molar-refractivity contribution in [3.8, 4) is 6.07 Å². The zero-order chi connectivity index (χ0) is 15.7. The summed E-state index contributed by atoms with van der Waals surface area (Å²) in [6, 6.07) is 8.63. The zero-order valence-electron chi connectivity index (χ0n) is 11.9. The minimum absolute atomic E-state index is 0.0480. The van der Waals surface area contributed by atoms with Crippen molar-refractivity contribution in [2.24, 2.45) is 5.92 Å². The molecule has 2 amide bonds. The second-order valence-corrected chi connectivity index (χ2v) is 4.74. The van der Waals surface area contributed by atoms with E-state index in [2.05, 4.69) is 10.6 Å². The number of nitrogens with zero attached hydrogens (tertiary/aromatic N) is 1. The van der Waals surface area contributed by atoms with Gasteiger partial charge in [-0.1, -0.05) is 25.5 Å². The van der Waals surface area contributed by atoms with Crippen LogP contribution < -0.4 is 10.6 Å². The molecule has 0 aliphatic rings. The van der Waals surface area contributed by atoms with Crippen molar-refractivity contribution >= 4 is 12.0 Å². The standard InChI is InChI=1S/C15H19N3O3/c1-2-11(7-14(19)20)9-17-15(21)18-10-13-5-3-12(8-16)4-6-13/h3-6,11H,2,7,9-10H2,1H3,(H,19,20)(H2,17,18,21). The first-order valence-electron chi connectivity index (χ1n) is 6.77. The highest BCUT2D eigenvalue weighted by Gasteiger charge is 2.12. The summed E-state index contributed by atoms with van der Waals surface area (Å²) in [5.74, 6) is -0.926. The second-order valence-electron chi connectivity index (χ2n) is 4.74. The van der Waals surface area contributed by atoms with Crippen LogP contribution in [0.3, 0.4) is 0 Å². The molecule has 0 saturated carbocycles. The predicted octanol–water partition coefficient (Wildman–Crippen LogP) is 1.86. The Morgan fingerprint density at radius 2 is 1.95 bits per heavy atom. The van der Waals surface area contributed by atoms with Crippen LogP contribution in [-0.4, -0.2) is 23.7 Å². The van der Waals surface area contributed by atoms with Gasteiger partial charge < -0.3 is 15.7 Å². The van der Waals surface area contributed by atoms with E-state index in [4.69, 9.17) is 10.4 Å². The molecule has 1 atom stereocenters. The van der Waals surface area contributed by atoms with Crippen molar-refractivity contribution in [3.05, 3.63) is 35.4 Å². The number of nitriles is 1. The Morgan fingerprint density at radius 1 is 1.29 bits per heavy atom. The largest absolute Gasteiger partial charge is 0.481 e. The van der Waals surface area contributed by atoms with Gasteiger partial charge in [-0.2, -0.15) is 5.26 Å². The van der Waals surface area contributed by atoms with E-state index >= 15 is 0 Å². The lowest BCUT2D eigenvalue weighted by Crippen LogP contribution is -2.38. The Balaban J connectivity index is 2.33. The molecular formula is C15H19N3O3. The monoisotopic (exact) mass is 289 g/mol. The van der Waals surface area contributed by atoms with Crippen molar-refractivity contribution in [1.82, 2.24) is 10.6 Å². The highest BCUT2D eigenvalue weighted by atomic mass is 16.4. The molecule has 1 rings (SSSR count). The molecular weight excluding hydrogens is 270 g/mol. The lowest BCUT2D eigenvalue weighted by molar-refractivity contribution is -0.138. The number of carboxylic acids is 1. The van der Waals surface area contributed by atoms with Crippen LogP contribution in [0.15, 0.2) is 24.3 Å². The fourth-order valence-corrected chi connectivity index (χ4v) is 1.79. The number of hydrogen-bond donors (Lipinski definition) is 3. The number of rotatable bonds is 7. The summed E-state index contributed by atoms with van der Waals surface area (Å²) in [7, 11) is 0. The normalized spacial score (nSPS) is 11.2. The summed E-state index contributed by atoms with van der Waals surface area (Å²) < 4.78 is 0. The molecule has 0 aliphatic carbocycles. The Kier molecular flexibility index (Phi) is 6.75. The number of urea groups is 1. The highest BCUT2D eigenvalue weighted by molar-refractivity contribution is 5.74. The van der Waals surface area contributed by atoms with Crippen LogP contribution >= 0.6 is 0 Å². The molecule has 0 heterocycles. The number of nitrogens with one attached hydrogen (secondary N) is 2. The molecule has 6 heteroatoms. The third-order valence-corrected chi connectivity index (χ3v) is 3.13. The molecule has 1 aromatic carbocycles. The maximum Gasteiger partial charge on any atom is 0.315 e. The molecule has 6 nitrogen and oxygen atoms in total. The average Bonchev–Trinajstić information content (AvgIpc) is 2.49. The lowest BCUT2D eigenvalue weighted by atomic mass is 10.0. The fraction of sp³-hybridized carbons (Fsp3) is 0.400. The van der Waals surface area contributed by atoms with Gasteiger partial charge in [-0.05, 0) is 23.6 Å². The number of carboxylic acid groups (broad SMARTS) is 1. The highest BCUT2D eigenvalue weighted by Crippen LogP contribution is 2.06. The van der Waals surface area contributed by atoms with Gasteiger partial charge in [-0.25, -0.2) is 4.79 Å². The Hall–Kier alpha value is -2.55. The Bertz CT molecular complexity index is 520. The maximum atomic E-state index is 11.6. The van der Waals surface area contributed by atoms with Gasteiger partial charge in [0.1, 0.15) is 0 Å². The van der Waals surface area contributed by atoms with Crippen LogP contribution in [0.1, 0.15) is 30.9 Å². The van der Waals surface area contributed by atoms with E-state index in [0.717, 1.165) is 5.56 Å². The molecule has 1 aromatic rings. The predicted molar refractivity (Wildman–Crippen MR) is 77.4 cm³/mol. The Labute approximate surface area is 123 Å². The van der Waals surface area contributed by atoms with Gasteiger partial charge in [0.15, 0.2) is 0 Å². The van der Waals surface area contributed by atoms with Crippen molar-refractivity contribution in [3.63, 3.8) is 0 Å². The summed E-state index contributed by atoms with van der Waals surface area (Å²) in [4.78, 5) is 22.2. The summed E-state index contributed by atoms with van der Waals surface area (Å²) in [5, 5.41) is 22.8. The first-order chi connectivity index (χ1) is 10.0. The number of aliphatic carboxylic acids is 1. The van der Waals surface area contributed by atoms with Crippen molar-refractivity contribution in [2.45, 2.75) is 26.3 Å². The summed E-state index contributed by atoms with van der Waals surface area (Å²) >= 11 is 0. The number of amides is 2. The van der Waals surface area contributed by atoms with Crippen LogP contribution in [0.2, 0.25) is 0 Å². The first-order valence-corrected chi connectivity index (χ1v) is 6.77. The van der Waals surface area contributed by atoms with Gasteiger partial charge in [-0.15, -0.1) is 0 Å². The SMILES string of the molecule is CCC(CNC(=O)NCc1ccc(C#N)cc1)CC(=O)O. The topological polar surface area (TPSA) is 102 Å². The van der Waals surface area contributed by atoms with E-state index < -0.39 is 5.97 Å². The number of carbonyl (C=O) groups excluding carboxylic acids is 1. The van der Waals surface area contributed by atoms with Crippen molar-refractivity contribution in [1.29, 1.82) is 5.26 Å². The molecule has 0 aromatic heterocycles. The van der Waals surface area contributed by atoms with E-state index in [0.29, 0.717) is 25.1 Å². The molecule has 112 valence electrons. The molecule has 1 unspecified atom stereocenters. The smallest absolute Gasteiger partial charge is 0.315 e. The molecule has 0 saturated heterocycles. The average molecular weight is 289 g/mol. The quantitative estimate of drug-likeness (QED) is 0.713. The zero-order valence-corrected chi connectivity index (χ0v) is 11.9. The molecule has 0 fully saturated rings. The summed E-state index contributed by atoms with van der Waals surface area (Å²) in [5.41, 5.74) is 1.46. The van der Waals surface area contributed by atoms with Gasteiger partial charge in [0.05, 0.1) is 11.6 Å². The van der Waals surface area contributed by atoms with Crippen molar-refractivity contribution in [2.75, 3.05) is 6.54 Å². The van der Waals surface area contributed by atoms with Crippen LogP contribution in [-0.2, 0) is 11.3 Å². The summed E-state index contributed by atoms with van der Waals surface area (Å²) in [6.07, 6.45) is 0.745. The van der Waals surface area contributed by atoms with Gasteiger partial charge in [0, 0.05) is 19.5 Å². The van der Waals surface area contributed by atoms with E-state index in [1.165, 1.54) is 0 Å². The molecule has 0 bridgehead atoms. The number of carbonyl (C=O) groups is 2. The third-order valence-electron chi connectivity index (χ3n) is 3.13. The number of benzene rings is 1. The third kappa shape index (κ3) is 6.43. The maximum absolute atomic E-state index is 11.6. The van der Waals surface area contributed by atoms with Crippen LogP contribution in [0.25, 0.3) is 0 Å². The molecule has 0 spiro atoms. The minimum atomic E-state index is -0.860. The van der Waals surface area contributed by atoms with Gasteiger partial charge in [0.25, 0.3) is 0 Å². The van der Waals surface area contributed by atoms with Gasteiger partial charge in [0.2, 0.25) is 0 Å². The lowest BCUT2D eigenvalue weighted by Gasteiger charge is -2.14. The van der Waals surface area contributed by atoms with Gasteiger partial charge in [-0.3, -0.25) is 4.79 Å². The van der Waals surface area contributed by atoms with Gasteiger partial charge >= 0.3 is 12.0 Å². The minimum Gasteiger partial charge on any atom is -0.481 e. The van der Waals surface area contributed by atoms with E-state index in [9.17, 15) is 9.59 Å². The van der Waals surface area contributed by atoms with E-state index in [1.807, 2.05) is 13.0 Å². The molecule has 0 aliphatic heterocycles. The van der Waals surface area contributed by atoms with E-state index in [1.54, 1.807) is 24.3 Å². The summed E-state index contributed by atoms with van der Waals surface area (Å²) in [6.45, 7) is 2.58. The van der Waals surface area contributed by atoms with Crippen LogP contribution in [0.4, 0.5) is 4.79 Å². The fourth-order valence-electron chi connectivity index (χ4n) is 1.79. The molecule has 0 radical (unpaired) electrons. The molecule has 21 heavy (non-hydrogen) atoms.